The molecule has 3 aliphatic heterocycles. The zero-order chi connectivity index (χ0) is 26.5. The van der Waals surface area contributed by atoms with E-state index in [0.29, 0.717) is 12.5 Å². The van der Waals surface area contributed by atoms with Gasteiger partial charge in [0.2, 0.25) is 20.2 Å². The SMILES string of the molecule is c1ccc(C2=N[C@H]3[C@@H](O2)O[C@@H]2COC(c4ccccc4)O[C@H]2[C@@H]3p2oc3ccccc3c3ccccc3o2)cc1. The third-order valence-corrected chi connectivity index (χ3v) is 9.44. The Balaban J connectivity index is 1.30. The molecule has 4 aromatic carbocycles. The highest BCUT2D eigenvalue weighted by atomic mass is 31.1. The molecule has 6 atom stereocenters. The van der Waals surface area contributed by atoms with Crippen LogP contribution in [0.1, 0.15) is 23.1 Å². The summed E-state index contributed by atoms with van der Waals surface area (Å²) < 4.78 is 39.1. The van der Waals surface area contributed by atoms with E-state index in [1.165, 1.54) is 0 Å². The largest absolute Gasteiger partial charge is 0.445 e. The van der Waals surface area contributed by atoms with Gasteiger partial charge in [-0.05, 0) is 24.3 Å². The Kier molecular flexibility index (Phi) is 5.96. The van der Waals surface area contributed by atoms with Crippen molar-refractivity contribution >= 4 is 35.8 Å². The van der Waals surface area contributed by atoms with Crippen LogP contribution in [-0.4, -0.2) is 37.0 Å². The first-order valence-electron chi connectivity index (χ1n) is 13.4. The second-order valence-electron chi connectivity index (χ2n) is 10.1. The summed E-state index contributed by atoms with van der Waals surface area (Å²) >= 11 is 0. The average molecular weight is 552 g/mol. The second kappa shape index (κ2) is 9.95. The number of hydrogen-bond acceptors (Lipinski definition) is 7. The lowest BCUT2D eigenvalue weighted by Crippen LogP contribution is -2.55. The van der Waals surface area contributed by atoms with Crippen molar-refractivity contribution in [3.05, 3.63) is 120 Å². The van der Waals surface area contributed by atoms with Gasteiger partial charge in [0.1, 0.15) is 35.1 Å². The van der Waals surface area contributed by atoms with Crippen molar-refractivity contribution in [2.75, 3.05) is 6.61 Å². The number of rotatable bonds is 3. The van der Waals surface area contributed by atoms with E-state index in [-0.39, 0.29) is 11.8 Å². The second-order valence-corrected chi connectivity index (χ2v) is 11.6. The van der Waals surface area contributed by atoms with Crippen molar-refractivity contribution in [2.45, 2.75) is 36.5 Å². The van der Waals surface area contributed by atoms with Crippen LogP contribution >= 0.6 is 8.01 Å². The van der Waals surface area contributed by atoms with E-state index in [2.05, 4.69) is 12.1 Å². The molecule has 40 heavy (non-hydrogen) atoms. The van der Waals surface area contributed by atoms with Gasteiger partial charge in [0.25, 0.3) is 0 Å². The van der Waals surface area contributed by atoms with Crippen molar-refractivity contribution in [1.82, 2.24) is 0 Å². The Hall–Kier alpha value is -3.87. The summed E-state index contributed by atoms with van der Waals surface area (Å²) in [5, 5.41) is 1.99. The fraction of sp³-hybridized carbons (Fsp3) is 0.219. The van der Waals surface area contributed by atoms with Gasteiger partial charge in [-0.3, -0.25) is 0 Å². The first-order chi connectivity index (χ1) is 19.8. The normalized spacial score (nSPS) is 27.4. The molecule has 8 heteroatoms. The first kappa shape index (κ1) is 24.0. The smallest absolute Gasteiger partial charge is 0.226 e. The summed E-state index contributed by atoms with van der Waals surface area (Å²) in [5.74, 6) is 0.547. The number of hydrogen-bond donors (Lipinski definition) is 0. The van der Waals surface area contributed by atoms with E-state index in [0.717, 1.165) is 33.1 Å². The van der Waals surface area contributed by atoms with Gasteiger partial charge in [0, 0.05) is 21.9 Å². The highest BCUT2D eigenvalue weighted by Gasteiger charge is 2.56. The molecule has 0 amide bonds. The molecule has 0 spiro atoms. The number of fused-ring (bicyclic) bond motifs is 5. The van der Waals surface area contributed by atoms with Gasteiger partial charge in [0.15, 0.2) is 6.29 Å². The number of aliphatic imine (C=N–C) groups is 1. The van der Waals surface area contributed by atoms with Crippen LogP contribution in [0.3, 0.4) is 0 Å². The maximum Gasteiger partial charge on any atom is 0.226 e. The number of nitrogens with zero attached hydrogens (tertiary/aromatic N) is 1. The highest BCUT2D eigenvalue weighted by Crippen LogP contribution is 2.55. The summed E-state index contributed by atoms with van der Waals surface area (Å²) in [5.41, 5.74) is 3.10. The van der Waals surface area contributed by atoms with Crippen molar-refractivity contribution in [3.8, 4) is 0 Å². The quantitative estimate of drug-likeness (QED) is 0.231. The van der Waals surface area contributed by atoms with Crippen molar-refractivity contribution in [3.63, 3.8) is 0 Å². The molecule has 8 rings (SSSR count). The average Bonchev–Trinajstić information content (AvgIpc) is 3.37. The Morgan fingerprint density at radius 3 is 2.00 bits per heavy atom. The van der Waals surface area contributed by atoms with Crippen LogP contribution in [0.25, 0.3) is 21.9 Å². The van der Waals surface area contributed by atoms with Crippen LogP contribution in [0.2, 0.25) is 0 Å². The fourth-order valence-corrected chi connectivity index (χ4v) is 7.65. The lowest BCUT2D eigenvalue weighted by molar-refractivity contribution is -0.309. The fourth-order valence-electron chi connectivity index (χ4n) is 5.71. The molecule has 0 saturated carbocycles. The van der Waals surface area contributed by atoms with E-state index in [9.17, 15) is 0 Å². The summed E-state index contributed by atoms with van der Waals surface area (Å²) in [6.45, 7) is 0.352. The molecule has 7 nitrogen and oxygen atoms in total. The molecule has 5 aromatic rings. The van der Waals surface area contributed by atoms with E-state index >= 15 is 0 Å². The molecule has 0 N–H and O–H groups in total. The van der Waals surface area contributed by atoms with Crippen molar-refractivity contribution in [2.24, 2.45) is 4.99 Å². The van der Waals surface area contributed by atoms with Gasteiger partial charge in [-0.25, -0.2) is 4.99 Å². The van der Waals surface area contributed by atoms with Gasteiger partial charge in [-0.1, -0.05) is 84.9 Å². The lowest BCUT2D eigenvalue weighted by atomic mass is 9.99. The molecule has 0 radical (unpaired) electrons. The maximum absolute atomic E-state index is 6.76. The Bertz CT molecular complexity index is 1680. The topological polar surface area (TPSA) is 75.6 Å². The number of benzene rings is 4. The maximum atomic E-state index is 6.76. The minimum Gasteiger partial charge on any atom is -0.445 e. The summed E-state index contributed by atoms with van der Waals surface area (Å²) in [6, 6.07) is 35.6. The molecular formula is C32H26NO6P. The van der Waals surface area contributed by atoms with Crippen molar-refractivity contribution in [1.29, 1.82) is 0 Å². The highest BCUT2D eigenvalue weighted by molar-refractivity contribution is 7.37. The zero-order valence-corrected chi connectivity index (χ0v) is 22.3. The van der Waals surface area contributed by atoms with Crippen LogP contribution in [0.4, 0.5) is 0 Å². The summed E-state index contributed by atoms with van der Waals surface area (Å²) in [6.07, 6.45) is -1.91. The minimum atomic E-state index is -1.59. The van der Waals surface area contributed by atoms with Crippen molar-refractivity contribution < 1.29 is 27.3 Å². The van der Waals surface area contributed by atoms with Gasteiger partial charge in [-0.2, -0.15) is 0 Å². The molecule has 0 aliphatic carbocycles. The Labute approximate surface area is 231 Å². The number of ether oxygens (including phenoxy) is 4. The first-order valence-corrected chi connectivity index (χ1v) is 14.7. The third-order valence-electron chi connectivity index (χ3n) is 7.60. The molecular weight excluding hydrogens is 525 g/mol. The van der Waals surface area contributed by atoms with Gasteiger partial charge < -0.3 is 27.3 Å². The van der Waals surface area contributed by atoms with Crippen LogP contribution in [-0.2, 0) is 18.9 Å². The van der Waals surface area contributed by atoms with E-state index < -0.39 is 32.7 Å². The van der Waals surface area contributed by atoms with Crippen LogP contribution in [0, 0.1) is 0 Å². The van der Waals surface area contributed by atoms with E-state index in [1.54, 1.807) is 0 Å². The molecule has 2 saturated heterocycles. The molecule has 4 heterocycles. The zero-order valence-electron chi connectivity index (χ0n) is 21.4. The number of para-hydroxylation sites is 2. The van der Waals surface area contributed by atoms with Gasteiger partial charge >= 0.3 is 0 Å². The molecule has 200 valence electrons. The van der Waals surface area contributed by atoms with Gasteiger partial charge in [0.05, 0.1) is 6.61 Å². The molecule has 3 aliphatic rings. The van der Waals surface area contributed by atoms with Crippen LogP contribution in [0.15, 0.2) is 123 Å². The lowest BCUT2D eigenvalue weighted by Gasteiger charge is -2.45. The molecule has 1 aromatic heterocycles. The van der Waals surface area contributed by atoms with E-state index in [4.69, 9.17) is 32.3 Å². The molecule has 0 bridgehead atoms. The van der Waals surface area contributed by atoms with Gasteiger partial charge in [-0.15, -0.1) is 0 Å². The predicted molar refractivity (Wildman–Crippen MR) is 152 cm³/mol. The standard InChI is InChI=1S/C32H26NO6P/c1-3-11-20(12-4-1)30-33-27-29(40-38-24-17-9-7-15-22(24)23-16-8-10-18-25(23)39-40)28-26(35-32(27)37-30)19-34-31(36-28)21-13-5-2-6-14-21/h1-18,26-29,31-32H,19H2/t26-,27-,28-,29-,31?,32-/m1/s1. The van der Waals surface area contributed by atoms with E-state index in [1.807, 2.05) is 97.1 Å². The Morgan fingerprint density at radius 1 is 0.675 bits per heavy atom. The third kappa shape index (κ3) is 4.14. The Morgan fingerprint density at radius 2 is 1.30 bits per heavy atom. The van der Waals surface area contributed by atoms with Crippen LogP contribution in [0.5, 0.6) is 0 Å². The molecule has 1 unspecified atom stereocenters. The summed E-state index contributed by atoms with van der Waals surface area (Å²) in [4.78, 5) is 5.07. The predicted octanol–water partition coefficient (Wildman–Crippen LogP) is 7.52. The minimum absolute atomic E-state index is 0.297. The summed E-state index contributed by atoms with van der Waals surface area (Å²) in [7, 11) is -1.59. The van der Waals surface area contributed by atoms with Crippen LogP contribution < -0.4 is 0 Å². The molecule has 2 fully saturated rings. The monoisotopic (exact) mass is 551 g/mol.